The van der Waals surface area contributed by atoms with Crippen LogP contribution in [0, 0.1) is 11.3 Å². The number of hydrogen-bond acceptors (Lipinski definition) is 4. The molecule has 2 saturated heterocycles. The highest BCUT2D eigenvalue weighted by molar-refractivity contribution is 7.08. The number of rotatable bonds is 5. The van der Waals surface area contributed by atoms with Crippen molar-refractivity contribution >= 4 is 17.2 Å². The smallest absolute Gasteiger partial charge is 0.254 e. The molecular formula is C18H25NO3S. The maximum absolute atomic E-state index is 12.7. The molecule has 3 fully saturated rings. The van der Waals surface area contributed by atoms with Gasteiger partial charge in [-0.25, -0.2) is 0 Å². The summed E-state index contributed by atoms with van der Waals surface area (Å²) in [5.74, 6) is 0.943. The predicted octanol–water partition coefficient (Wildman–Crippen LogP) is 3.19. The fourth-order valence-electron chi connectivity index (χ4n) is 3.96. The number of thiophene rings is 1. The quantitative estimate of drug-likeness (QED) is 0.829. The van der Waals surface area contributed by atoms with Crippen molar-refractivity contribution in [3.05, 3.63) is 22.4 Å². The van der Waals surface area contributed by atoms with Gasteiger partial charge in [0.1, 0.15) is 0 Å². The van der Waals surface area contributed by atoms with E-state index >= 15 is 0 Å². The van der Waals surface area contributed by atoms with Crippen LogP contribution in [0.3, 0.4) is 0 Å². The van der Waals surface area contributed by atoms with Crippen molar-refractivity contribution in [1.82, 2.24) is 4.90 Å². The van der Waals surface area contributed by atoms with Gasteiger partial charge in [-0.15, -0.1) is 0 Å². The summed E-state index contributed by atoms with van der Waals surface area (Å²) in [7, 11) is 0. The molecule has 0 bridgehead atoms. The molecule has 0 spiro atoms. The molecule has 3 aliphatic rings. The summed E-state index contributed by atoms with van der Waals surface area (Å²) in [5.41, 5.74) is 0.816. The van der Waals surface area contributed by atoms with Crippen molar-refractivity contribution < 1.29 is 14.3 Å². The highest BCUT2D eigenvalue weighted by Gasteiger charge is 2.47. The van der Waals surface area contributed by atoms with E-state index in [-0.39, 0.29) is 17.4 Å². The van der Waals surface area contributed by atoms with Gasteiger partial charge in [0.25, 0.3) is 5.91 Å². The summed E-state index contributed by atoms with van der Waals surface area (Å²) in [5, 5.41) is 3.92. The number of piperidine rings is 1. The minimum atomic E-state index is -0.00291. The molecule has 3 heterocycles. The number of nitrogens with zero attached hydrogens (tertiary/aromatic N) is 1. The first-order chi connectivity index (χ1) is 11.3. The molecule has 1 aromatic heterocycles. The van der Waals surface area contributed by atoms with Crippen molar-refractivity contribution in [2.24, 2.45) is 11.3 Å². The molecule has 2 unspecified atom stereocenters. The minimum Gasteiger partial charge on any atom is -0.380 e. The minimum absolute atomic E-state index is 0.00291. The fraction of sp³-hybridized carbons (Fsp3) is 0.722. The van der Waals surface area contributed by atoms with Crippen molar-refractivity contribution in [1.29, 1.82) is 0 Å². The lowest BCUT2D eigenvalue weighted by Gasteiger charge is -2.50. The van der Waals surface area contributed by atoms with Crippen LogP contribution in [0.4, 0.5) is 0 Å². The molecule has 1 amide bonds. The Kier molecular flexibility index (Phi) is 4.43. The molecule has 0 N–H and O–H groups in total. The second-order valence-electron chi connectivity index (χ2n) is 7.31. The Morgan fingerprint density at radius 1 is 1.43 bits per heavy atom. The van der Waals surface area contributed by atoms with Gasteiger partial charge in [0.2, 0.25) is 0 Å². The van der Waals surface area contributed by atoms with E-state index < -0.39 is 0 Å². The van der Waals surface area contributed by atoms with Crippen molar-refractivity contribution in [2.75, 3.05) is 32.9 Å². The van der Waals surface area contributed by atoms with E-state index in [1.807, 2.05) is 21.7 Å². The molecule has 0 aromatic carbocycles. The Bertz CT molecular complexity index is 542. The maximum Gasteiger partial charge on any atom is 0.254 e. The van der Waals surface area contributed by atoms with Crippen LogP contribution in [0.1, 0.15) is 42.5 Å². The van der Waals surface area contributed by atoms with Gasteiger partial charge < -0.3 is 14.4 Å². The van der Waals surface area contributed by atoms with Gasteiger partial charge >= 0.3 is 0 Å². The lowest BCUT2D eigenvalue weighted by molar-refractivity contribution is -0.147. The van der Waals surface area contributed by atoms with E-state index in [4.69, 9.17) is 9.47 Å². The van der Waals surface area contributed by atoms with Gasteiger partial charge in [0.15, 0.2) is 0 Å². The Balaban J connectivity index is 1.46. The van der Waals surface area contributed by atoms with Gasteiger partial charge in [-0.05, 0) is 49.5 Å². The SMILES string of the molecule is O=C(c1ccsc1)N1CCC2OCCCC2(COCC2CC2)C1. The van der Waals surface area contributed by atoms with Gasteiger partial charge in [-0.1, -0.05) is 0 Å². The molecule has 1 aromatic rings. The predicted molar refractivity (Wildman–Crippen MR) is 89.8 cm³/mol. The molecule has 1 aliphatic carbocycles. The van der Waals surface area contributed by atoms with E-state index in [0.29, 0.717) is 0 Å². The van der Waals surface area contributed by atoms with Crippen molar-refractivity contribution in [2.45, 2.75) is 38.2 Å². The maximum atomic E-state index is 12.7. The Morgan fingerprint density at radius 3 is 3.13 bits per heavy atom. The zero-order chi connectivity index (χ0) is 15.7. The van der Waals surface area contributed by atoms with Crippen LogP contribution in [0.2, 0.25) is 0 Å². The van der Waals surface area contributed by atoms with Crippen LogP contribution < -0.4 is 0 Å². The van der Waals surface area contributed by atoms with Gasteiger partial charge in [0, 0.05) is 37.1 Å². The molecule has 2 aliphatic heterocycles. The molecule has 23 heavy (non-hydrogen) atoms. The number of likely N-dealkylation sites (tertiary alicyclic amines) is 1. The van der Waals surface area contributed by atoms with Crippen LogP contribution in [0.25, 0.3) is 0 Å². The monoisotopic (exact) mass is 335 g/mol. The largest absolute Gasteiger partial charge is 0.380 e. The van der Waals surface area contributed by atoms with Crippen LogP contribution in [0.5, 0.6) is 0 Å². The fourth-order valence-corrected chi connectivity index (χ4v) is 4.59. The van der Waals surface area contributed by atoms with Crippen LogP contribution in [-0.4, -0.2) is 49.8 Å². The van der Waals surface area contributed by atoms with E-state index in [1.54, 1.807) is 11.3 Å². The van der Waals surface area contributed by atoms with E-state index in [9.17, 15) is 4.79 Å². The average molecular weight is 335 g/mol. The van der Waals surface area contributed by atoms with E-state index in [2.05, 4.69) is 0 Å². The highest BCUT2D eigenvalue weighted by atomic mass is 32.1. The molecule has 5 heteroatoms. The van der Waals surface area contributed by atoms with Gasteiger partial charge in [-0.2, -0.15) is 11.3 Å². The molecular weight excluding hydrogens is 310 g/mol. The van der Waals surface area contributed by atoms with Gasteiger partial charge in [-0.3, -0.25) is 4.79 Å². The number of carbonyl (C=O) groups excluding carboxylic acids is 1. The summed E-state index contributed by atoms with van der Waals surface area (Å²) < 4.78 is 12.1. The highest BCUT2D eigenvalue weighted by Crippen LogP contribution is 2.41. The zero-order valence-electron chi connectivity index (χ0n) is 13.5. The van der Waals surface area contributed by atoms with Crippen molar-refractivity contribution in [3.63, 3.8) is 0 Å². The third kappa shape index (κ3) is 3.32. The molecule has 4 nitrogen and oxygen atoms in total. The number of hydrogen-bond donors (Lipinski definition) is 0. The first kappa shape index (κ1) is 15.6. The topological polar surface area (TPSA) is 38.8 Å². The summed E-state index contributed by atoms with van der Waals surface area (Å²) in [6.07, 6.45) is 6.00. The lowest BCUT2D eigenvalue weighted by Crippen LogP contribution is -2.58. The van der Waals surface area contributed by atoms with E-state index in [0.717, 1.165) is 63.7 Å². The normalized spacial score (nSPS) is 31.0. The Labute approximate surface area is 141 Å². The van der Waals surface area contributed by atoms with Crippen LogP contribution in [-0.2, 0) is 9.47 Å². The van der Waals surface area contributed by atoms with E-state index in [1.165, 1.54) is 12.8 Å². The Hall–Kier alpha value is -0.910. The number of ether oxygens (including phenoxy) is 2. The zero-order valence-corrected chi connectivity index (χ0v) is 14.4. The second-order valence-corrected chi connectivity index (χ2v) is 8.09. The Morgan fingerprint density at radius 2 is 2.35 bits per heavy atom. The van der Waals surface area contributed by atoms with Crippen LogP contribution in [0.15, 0.2) is 16.8 Å². The second kappa shape index (κ2) is 6.54. The first-order valence-electron chi connectivity index (χ1n) is 8.78. The third-order valence-electron chi connectivity index (χ3n) is 5.48. The standard InChI is InChI=1S/C18H25NO3S/c20-17(15-5-9-23-11-15)19-7-4-16-18(12-19,6-1-8-22-16)13-21-10-14-2-3-14/h5,9,11,14,16H,1-4,6-8,10,12-13H2. The summed E-state index contributed by atoms with van der Waals surface area (Å²) in [6.45, 7) is 4.04. The molecule has 2 atom stereocenters. The molecule has 1 saturated carbocycles. The number of carbonyl (C=O) groups is 1. The summed E-state index contributed by atoms with van der Waals surface area (Å²) >= 11 is 1.58. The summed E-state index contributed by atoms with van der Waals surface area (Å²) in [4.78, 5) is 14.7. The first-order valence-corrected chi connectivity index (χ1v) is 9.72. The lowest BCUT2D eigenvalue weighted by atomic mass is 9.73. The summed E-state index contributed by atoms with van der Waals surface area (Å²) in [6, 6.07) is 1.92. The number of fused-ring (bicyclic) bond motifs is 1. The van der Waals surface area contributed by atoms with Crippen LogP contribution >= 0.6 is 11.3 Å². The molecule has 0 radical (unpaired) electrons. The molecule has 4 rings (SSSR count). The molecule has 126 valence electrons. The van der Waals surface area contributed by atoms with Gasteiger partial charge in [0.05, 0.1) is 18.3 Å². The van der Waals surface area contributed by atoms with Crippen molar-refractivity contribution in [3.8, 4) is 0 Å². The third-order valence-corrected chi connectivity index (χ3v) is 6.17. The number of amides is 1. The average Bonchev–Trinajstić information content (AvgIpc) is 3.24.